The average molecular weight is 279 g/mol. The highest BCUT2D eigenvalue weighted by atomic mass is 35.5. The van der Waals surface area contributed by atoms with E-state index in [4.69, 9.17) is 16.7 Å². The average Bonchev–Trinajstić information content (AvgIpc) is 2.38. The number of carboxylic acids is 1. The Morgan fingerprint density at radius 1 is 1.32 bits per heavy atom. The van der Waals surface area contributed by atoms with Gasteiger partial charge in [0.25, 0.3) is 0 Å². The van der Waals surface area contributed by atoms with Crippen LogP contribution in [0.5, 0.6) is 0 Å². The van der Waals surface area contributed by atoms with Crippen molar-refractivity contribution in [2.24, 2.45) is 0 Å². The molecule has 6 nitrogen and oxygen atoms in total. The van der Waals surface area contributed by atoms with Gasteiger partial charge in [0.1, 0.15) is 11.0 Å². The maximum Gasteiger partial charge on any atom is 0.337 e. The molecule has 0 amide bonds. The van der Waals surface area contributed by atoms with Gasteiger partial charge in [0, 0.05) is 13.1 Å². The molecule has 19 heavy (non-hydrogen) atoms. The van der Waals surface area contributed by atoms with E-state index in [1.165, 1.54) is 12.1 Å². The van der Waals surface area contributed by atoms with Gasteiger partial charge in [-0.2, -0.15) is 4.98 Å². The number of carbonyl (C=O) groups is 1. The number of rotatable bonds is 4. The molecule has 0 aliphatic carbocycles. The number of benzene rings is 1. The number of hydrogen-bond acceptors (Lipinski definition) is 5. The summed E-state index contributed by atoms with van der Waals surface area (Å²) < 4.78 is 0. The zero-order valence-corrected chi connectivity index (χ0v) is 10.8. The third-order valence-electron chi connectivity index (χ3n) is 2.34. The second-order valence-corrected chi connectivity index (χ2v) is 4.01. The number of carboxylic acid groups (broad SMARTS) is 1. The molecular weight excluding hydrogens is 268 g/mol. The molecule has 0 radical (unpaired) electrons. The molecule has 0 saturated heterocycles. The Morgan fingerprint density at radius 2 is 2.05 bits per heavy atom. The zero-order chi connectivity index (χ0) is 13.8. The van der Waals surface area contributed by atoms with Crippen LogP contribution in [0.2, 0.25) is 5.15 Å². The van der Waals surface area contributed by atoms with Crippen molar-refractivity contribution in [2.75, 3.05) is 17.7 Å². The number of nitrogens with zero attached hydrogens (tertiary/aromatic N) is 2. The van der Waals surface area contributed by atoms with Gasteiger partial charge >= 0.3 is 5.97 Å². The van der Waals surface area contributed by atoms with Gasteiger partial charge in [-0.05, 0) is 12.1 Å². The second kappa shape index (κ2) is 5.53. The van der Waals surface area contributed by atoms with Crippen molar-refractivity contribution in [2.45, 2.75) is 0 Å². The van der Waals surface area contributed by atoms with Crippen LogP contribution in [0.25, 0.3) is 0 Å². The summed E-state index contributed by atoms with van der Waals surface area (Å²) in [7, 11) is 1.67. The van der Waals surface area contributed by atoms with Crippen LogP contribution >= 0.6 is 11.6 Å². The summed E-state index contributed by atoms with van der Waals surface area (Å²) in [6, 6.07) is 8.06. The molecule has 3 N–H and O–H groups in total. The summed E-state index contributed by atoms with van der Waals surface area (Å²) >= 11 is 5.85. The van der Waals surface area contributed by atoms with E-state index in [0.29, 0.717) is 17.5 Å². The molecule has 0 fully saturated rings. The lowest BCUT2D eigenvalue weighted by Gasteiger charge is -2.09. The zero-order valence-electron chi connectivity index (χ0n) is 10.0. The molecule has 2 aromatic rings. The number of nitrogens with one attached hydrogen (secondary N) is 2. The van der Waals surface area contributed by atoms with Crippen LogP contribution in [0.15, 0.2) is 30.3 Å². The van der Waals surface area contributed by atoms with Crippen LogP contribution in [0.1, 0.15) is 10.4 Å². The van der Waals surface area contributed by atoms with Gasteiger partial charge < -0.3 is 15.7 Å². The molecule has 2 rings (SSSR count). The summed E-state index contributed by atoms with van der Waals surface area (Å²) in [5.41, 5.74) is 0.593. The lowest BCUT2D eigenvalue weighted by Crippen LogP contribution is -2.05. The predicted molar refractivity (Wildman–Crippen MR) is 73.3 cm³/mol. The lowest BCUT2D eigenvalue weighted by atomic mass is 10.2. The maximum atomic E-state index is 11.1. The Labute approximate surface area is 114 Å². The van der Waals surface area contributed by atoms with Crippen LogP contribution in [0, 0.1) is 0 Å². The van der Waals surface area contributed by atoms with Crippen molar-refractivity contribution >= 4 is 35.0 Å². The normalized spacial score (nSPS) is 10.0. The Kier molecular flexibility index (Phi) is 3.82. The maximum absolute atomic E-state index is 11.1. The van der Waals surface area contributed by atoms with E-state index < -0.39 is 5.97 Å². The first kappa shape index (κ1) is 13.1. The topological polar surface area (TPSA) is 87.1 Å². The Hall–Kier alpha value is -2.34. The first-order valence-corrected chi connectivity index (χ1v) is 5.79. The number of halogens is 1. The van der Waals surface area contributed by atoms with Crippen LogP contribution in [0.4, 0.5) is 17.5 Å². The third kappa shape index (κ3) is 3.11. The summed E-state index contributed by atoms with van der Waals surface area (Å²) in [5, 5.41) is 15.0. The fourth-order valence-corrected chi connectivity index (χ4v) is 1.69. The minimum Gasteiger partial charge on any atom is -0.478 e. The molecule has 0 aliphatic heterocycles. The molecule has 0 aliphatic rings. The summed E-state index contributed by atoms with van der Waals surface area (Å²) in [4.78, 5) is 19.2. The quantitative estimate of drug-likeness (QED) is 0.745. The van der Waals surface area contributed by atoms with Crippen molar-refractivity contribution in [3.05, 3.63) is 41.0 Å². The molecule has 98 valence electrons. The molecule has 1 aromatic carbocycles. The Balaban J connectivity index is 2.36. The van der Waals surface area contributed by atoms with Gasteiger partial charge in [-0.25, -0.2) is 9.78 Å². The van der Waals surface area contributed by atoms with Crippen molar-refractivity contribution in [3.63, 3.8) is 0 Å². The van der Waals surface area contributed by atoms with Crippen LogP contribution in [0.3, 0.4) is 0 Å². The molecule has 1 heterocycles. The number of para-hydroxylation sites is 1. The van der Waals surface area contributed by atoms with Gasteiger partial charge in [-0.3, -0.25) is 0 Å². The fraction of sp³-hybridized carbons (Fsp3) is 0.0833. The predicted octanol–water partition coefficient (Wildman–Crippen LogP) is 2.61. The van der Waals surface area contributed by atoms with E-state index in [1.807, 2.05) is 0 Å². The molecule has 0 spiro atoms. The van der Waals surface area contributed by atoms with Gasteiger partial charge in [-0.15, -0.1) is 0 Å². The molecule has 0 unspecified atom stereocenters. The van der Waals surface area contributed by atoms with Crippen molar-refractivity contribution in [3.8, 4) is 0 Å². The van der Waals surface area contributed by atoms with E-state index in [0.717, 1.165) is 0 Å². The molecule has 0 saturated carbocycles. The highest BCUT2D eigenvalue weighted by Crippen LogP contribution is 2.22. The summed E-state index contributed by atoms with van der Waals surface area (Å²) in [5.74, 6) is -0.252. The fourth-order valence-electron chi connectivity index (χ4n) is 1.51. The Bertz CT molecular complexity index is 618. The van der Waals surface area contributed by atoms with Gasteiger partial charge in [-0.1, -0.05) is 23.7 Å². The van der Waals surface area contributed by atoms with Gasteiger partial charge in [0.05, 0.1) is 11.3 Å². The second-order valence-electron chi connectivity index (χ2n) is 3.63. The molecule has 1 aromatic heterocycles. The summed E-state index contributed by atoms with van der Waals surface area (Å²) in [6.45, 7) is 0. The van der Waals surface area contributed by atoms with Gasteiger partial charge in [0.2, 0.25) is 5.95 Å². The Morgan fingerprint density at radius 3 is 2.74 bits per heavy atom. The van der Waals surface area contributed by atoms with Crippen molar-refractivity contribution in [1.29, 1.82) is 0 Å². The highest BCUT2D eigenvalue weighted by molar-refractivity contribution is 6.29. The SMILES string of the molecule is CNc1nc(Cl)cc(Nc2ccccc2C(=O)O)n1. The van der Waals surface area contributed by atoms with Crippen molar-refractivity contribution in [1.82, 2.24) is 9.97 Å². The molecule has 0 atom stereocenters. The summed E-state index contributed by atoms with van der Waals surface area (Å²) in [6.07, 6.45) is 0. The number of anilines is 3. The largest absolute Gasteiger partial charge is 0.478 e. The number of aromatic nitrogens is 2. The van der Waals surface area contributed by atoms with E-state index in [9.17, 15) is 4.79 Å². The van der Waals surface area contributed by atoms with Gasteiger partial charge in [0.15, 0.2) is 0 Å². The van der Waals surface area contributed by atoms with E-state index in [-0.39, 0.29) is 10.7 Å². The monoisotopic (exact) mass is 278 g/mol. The number of aromatic carboxylic acids is 1. The molecule has 7 heteroatoms. The lowest BCUT2D eigenvalue weighted by molar-refractivity contribution is 0.0698. The first-order chi connectivity index (χ1) is 9.10. The number of hydrogen-bond donors (Lipinski definition) is 3. The van der Waals surface area contributed by atoms with E-state index in [1.54, 1.807) is 25.2 Å². The molecular formula is C12H11ClN4O2. The smallest absolute Gasteiger partial charge is 0.337 e. The van der Waals surface area contributed by atoms with E-state index >= 15 is 0 Å². The van der Waals surface area contributed by atoms with Crippen molar-refractivity contribution < 1.29 is 9.90 Å². The highest BCUT2D eigenvalue weighted by Gasteiger charge is 2.10. The van der Waals surface area contributed by atoms with Crippen LogP contribution in [-0.2, 0) is 0 Å². The minimum absolute atomic E-state index is 0.156. The van der Waals surface area contributed by atoms with E-state index in [2.05, 4.69) is 20.6 Å². The minimum atomic E-state index is -1.02. The standard InChI is InChI=1S/C12H11ClN4O2/c1-14-12-16-9(13)6-10(17-12)15-8-5-3-2-4-7(8)11(18)19/h2-6H,1H3,(H,18,19)(H2,14,15,16,17). The van der Waals surface area contributed by atoms with Crippen LogP contribution in [-0.4, -0.2) is 28.1 Å². The molecule has 0 bridgehead atoms. The first-order valence-electron chi connectivity index (χ1n) is 5.42. The third-order valence-corrected chi connectivity index (χ3v) is 2.53. The van der Waals surface area contributed by atoms with Crippen LogP contribution < -0.4 is 10.6 Å².